The predicted octanol–water partition coefficient (Wildman–Crippen LogP) is 4.56. The van der Waals surface area contributed by atoms with Gasteiger partial charge < -0.3 is 9.73 Å². The van der Waals surface area contributed by atoms with Crippen molar-refractivity contribution >= 4 is 5.91 Å². The van der Waals surface area contributed by atoms with E-state index in [2.05, 4.69) is 16.3 Å². The zero-order valence-corrected chi connectivity index (χ0v) is 16.1. The fourth-order valence-electron chi connectivity index (χ4n) is 3.58. The van der Waals surface area contributed by atoms with Crippen molar-refractivity contribution in [3.63, 3.8) is 0 Å². The average molecular weight is 394 g/mol. The molecule has 0 spiro atoms. The molecule has 7 heteroatoms. The molecular weight excluding hydrogens is 369 g/mol. The van der Waals surface area contributed by atoms with Crippen LogP contribution in [-0.4, -0.2) is 30.4 Å². The van der Waals surface area contributed by atoms with Gasteiger partial charge in [-0.3, -0.25) is 9.69 Å². The van der Waals surface area contributed by atoms with Crippen LogP contribution in [0.3, 0.4) is 0 Å². The molecule has 4 nitrogen and oxygen atoms in total. The van der Waals surface area contributed by atoms with Crippen LogP contribution in [0.5, 0.6) is 0 Å². The molecule has 0 unspecified atom stereocenters. The number of hydrogen-bond donors (Lipinski definition) is 1. The van der Waals surface area contributed by atoms with Crippen molar-refractivity contribution in [3.8, 4) is 0 Å². The molecule has 1 aromatic carbocycles. The number of carbonyl (C=O) groups excluding carboxylic acids is 1. The van der Waals surface area contributed by atoms with Crippen molar-refractivity contribution in [2.75, 3.05) is 19.6 Å². The summed E-state index contributed by atoms with van der Waals surface area (Å²) in [5.74, 6) is 1.93. The largest absolute Gasteiger partial charge is 0.466 e. The third kappa shape index (κ3) is 5.16. The third-order valence-corrected chi connectivity index (χ3v) is 5.27. The van der Waals surface area contributed by atoms with Crippen LogP contribution in [0.1, 0.15) is 45.8 Å². The first-order chi connectivity index (χ1) is 13.2. The van der Waals surface area contributed by atoms with Crippen molar-refractivity contribution in [1.29, 1.82) is 0 Å². The van der Waals surface area contributed by atoms with E-state index in [1.54, 1.807) is 0 Å². The Morgan fingerprint density at radius 3 is 2.36 bits per heavy atom. The Kier molecular flexibility index (Phi) is 6.13. The monoisotopic (exact) mass is 394 g/mol. The Balaban J connectivity index is 1.43. The number of halogens is 3. The minimum absolute atomic E-state index is 0.247. The van der Waals surface area contributed by atoms with E-state index in [4.69, 9.17) is 4.42 Å². The molecule has 1 aromatic heterocycles. The first kappa shape index (κ1) is 20.5. The molecule has 1 aliphatic heterocycles. The second kappa shape index (κ2) is 8.39. The maximum atomic E-state index is 12.6. The standard InChI is InChI=1S/C21H25F3N2O2/c1-14-11-18(15(2)28-14)13-26-9-7-16(8-10-26)12-25-20(27)17-3-5-19(6-4-17)21(22,23)24/h3-6,11,16H,7-10,12-13H2,1-2H3,(H,25,27). The number of furan rings is 1. The molecule has 1 fully saturated rings. The molecule has 152 valence electrons. The lowest BCUT2D eigenvalue weighted by atomic mass is 9.96. The Labute approximate surface area is 162 Å². The minimum Gasteiger partial charge on any atom is -0.466 e. The molecule has 0 saturated carbocycles. The zero-order valence-electron chi connectivity index (χ0n) is 16.1. The van der Waals surface area contributed by atoms with Crippen LogP contribution in [0.4, 0.5) is 13.2 Å². The van der Waals surface area contributed by atoms with Gasteiger partial charge in [-0.1, -0.05) is 0 Å². The van der Waals surface area contributed by atoms with Gasteiger partial charge in [-0.05, 0) is 76.0 Å². The molecule has 1 N–H and O–H groups in total. The van der Waals surface area contributed by atoms with Gasteiger partial charge in [0, 0.05) is 24.2 Å². The van der Waals surface area contributed by atoms with Gasteiger partial charge in [0.25, 0.3) is 5.91 Å². The maximum absolute atomic E-state index is 12.6. The second-order valence-corrected chi connectivity index (χ2v) is 7.44. The molecule has 2 aromatic rings. The number of rotatable bonds is 5. The molecule has 0 aliphatic carbocycles. The number of aryl methyl sites for hydroxylation is 2. The summed E-state index contributed by atoms with van der Waals surface area (Å²) < 4.78 is 43.4. The summed E-state index contributed by atoms with van der Waals surface area (Å²) in [7, 11) is 0. The van der Waals surface area contributed by atoms with Crippen molar-refractivity contribution in [1.82, 2.24) is 10.2 Å². The van der Waals surface area contributed by atoms with Gasteiger partial charge in [0.1, 0.15) is 11.5 Å². The van der Waals surface area contributed by atoms with E-state index in [1.165, 1.54) is 17.7 Å². The Morgan fingerprint density at radius 1 is 1.18 bits per heavy atom. The van der Waals surface area contributed by atoms with E-state index >= 15 is 0 Å². The number of alkyl halides is 3. The highest BCUT2D eigenvalue weighted by atomic mass is 19.4. The van der Waals surface area contributed by atoms with Gasteiger partial charge in [0.2, 0.25) is 0 Å². The van der Waals surface area contributed by atoms with Gasteiger partial charge in [0.05, 0.1) is 5.56 Å². The normalized spacial score (nSPS) is 16.3. The van der Waals surface area contributed by atoms with Gasteiger partial charge in [-0.15, -0.1) is 0 Å². The van der Waals surface area contributed by atoms with Crippen molar-refractivity contribution < 1.29 is 22.4 Å². The topological polar surface area (TPSA) is 45.5 Å². The number of amides is 1. The summed E-state index contributed by atoms with van der Waals surface area (Å²) in [6, 6.07) is 6.39. The molecule has 2 heterocycles. The Bertz CT molecular complexity index is 804. The smallest absolute Gasteiger partial charge is 0.416 e. The summed E-state index contributed by atoms with van der Waals surface area (Å²) >= 11 is 0. The fraction of sp³-hybridized carbons (Fsp3) is 0.476. The van der Waals surface area contributed by atoms with Crippen LogP contribution in [0.15, 0.2) is 34.7 Å². The van der Waals surface area contributed by atoms with Gasteiger partial charge in [-0.2, -0.15) is 13.2 Å². The zero-order chi connectivity index (χ0) is 20.3. The van der Waals surface area contributed by atoms with Crippen LogP contribution in [0.2, 0.25) is 0 Å². The number of carbonyl (C=O) groups is 1. The first-order valence-electron chi connectivity index (χ1n) is 9.46. The lowest BCUT2D eigenvalue weighted by Crippen LogP contribution is -2.38. The van der Waals surface area contributed by atoms with E-state index in [0.29, 0.717) is 12.5 Å². The van der Waals surface area contributed by atoms with Crippen LogP contribution in [0, 0.1) is 19.8 Å². The number of nitrogens with one attached hydrogen (secondary N) is 1. The van der Waals surface area contributed by atoms with Crippen LogP contribution in [0.25, 0.3) is 0 Å². The van der Waals surface area contributed by atoms with E-state index in [-0.39, 0.29) is 11.5 Å². The molecule has 1 saturated heterocycles. The van der Waals surface area contributed by atoms with Crippen LogP contribution >= 0.6 is 0 Å². The molecule has 28 heavy (non-hydrogen) atoms. The van der Waals surface area contributed by atoms with E-state index < -0.39 is 11.7 Å². The Hall–Kier alpha value is -2.28. The van der Waals surface area contributed by atoms with Gasteiger partial charge in [0.15, 0.2) is 0 Å². The second-order valence-electron chi connectivity index (χ2n) is 7.44. The molecule has 3 rings (SSSR count). The summed E-state index contributed by atoms with van der Waals surface area (Å²) in [6.45, 7) is 7.23. The molecule has 0 atom stereocenters. The quantitative estimate of drug-likeness (QED) is 0.809. The lowest BCUT2D eigenvalue weighted by Gasteiger charge is -2.31. The first-order valence-corrected chi connectivity index (χ1v) is 9.46. The highest BCUT2D eigenvalue weighted by molar-refractivity contribution is 5.94. The molecular formula is C21H25F3N2O2. The summed E-state index contributed by atoms with van der Waals surface area (Å²) in [5.41, 5.74) is 0.710. The van der Waals surface area contributed by atoms with Crippen molar-refractivity contribution in [2.45, 2.75) is 39.4 Å². The van der Waals surface area contributed by atoms with E-state index in [9.17, 15) is 18.0 Å². The number of piperidine rings is 1. The van der Waals surface area contributed by atoms with Crippen LogP contribution in [-0.2, 0) is 12.7 Å². The highest BCUT2D eigenvalue weighted by Crippen LogP contribution is 2.29. The third-order valence-electron chi connectivity index (χ3n) is 5.27. The van der Waals surface area contributed by atoms with Gasteiger partial charge >= 0.3 is 6.18 Å². The number of nitrogens with zero attached hydrogens (tertiary/aromatic N) is 1. The fourth-order valence-corrected chi connectivity index (χ4v) is 3.58. The van der Waals surface area contributed by atoms with Crippen molar-refractivity contribution in [2.24, 2.45) is 5.92 Å². The average Bonchev–Trinajstić information content (AvgIpc) is 2.97. The summed E-state index contributed by atoms with van der Waals surface area (Å²) in [4.78, 5) is 14.6. The SMILES string of the molecule is Cc1cc(CN2CCC(CNC(=O)c3ccc(C(F)(F)F)cc3)CC2)c(C)o1. The highest BCUT2D eigenvalue weighted by Gasteiger charge is 2.30. The molecule has 1 aliphatic rings. The number of likely N-dealkylation sites (tertiary alicyclic amines) is 1. The number of hydrogen-bond acceptors (Lipinski definition) is 3. The van der Waals surface area contributed by atoms with E-state index in [0.717, 1.165) is 56.1 Å². The molecule has 0 radical (unpaired) electrons. The summed E-state index contributed by atoms with van der Waals surface area (Å²) in [6.07, 6.45) is -2.44. The van der Waals surface area contributed by atoms with Gasteiger partial charge in [-0.25, -0.2) is 0 Å². The van der Waals surface area contributed by atoms with E-state index in [1.807, 2.05) is 13.8 Å². The maximum Gasteiger partial charge on any atom is 0.416 e. The molecule has 1 amide bonds. The summed E-state index contributed by atoms with van der Waals surface area (Å²) in [5, 5.41) is 2.85. The van der Waals surface area contributed by atoms with Crippen molar-refractivity contribution in [3.05, 3.63) is 58.5 Å². The molecule has 0 bridgehead atoms. The Morgan fingerprint density at radius 2 is 1.82 bits per heavy atom. The minimum atomic E-state index is -4.39. The number of benzene rings is 1. The lowest BCUT2D eigenvalue weighted by molar-refractivity contribution is -0.137. The predicted molar refractivity (Wildman–Crippen MR) is 100.0 cm³/mol. The van der Waals surface area contributed by atoms with Crippen LogP contribution < -0.4 is 5.32 Å².